The Bertz CT molecular complexity index is 725. The minimum Gasteiger partial charge on any atom is -0.338 e. The van der Waals surface area contributed by atoms with Crippen LogP contribution in [0, 0.1) is 13.8 Å². The van der Waals surface area contributed by atoms with Crippen molar-refractivity contribution in [2.45, 2.75) is 59.4 Å². The molecule has 1 heterocycles. The van der Waals surface area contributed by atoms with E-state index in [1.807, 2.05) is 25.1 Å². The third-order valence-electron chi connectivity index (χ3n) is 4.70. The Morgan fingerprint density at radius 1 is 1.15 bits per heavy atom. The van der Waals surface area contributed by atoms with Crippen LogP contribution in [0.1, 0.15) is 61.7 Å². The van der Waals surface area contributed by atoms with E-state index in [0.29, 0.717) is 6.54 Å². The summed E-state index contributed by atoms with van der Waals surface area (Å²) < 4.78 is 0. The van der Waals surface area contributed by atoms with Crippen LogP contribution in [0.25, 0.3) is 0 Å². The second-order valence-corrected chi connectivity index (χ2v) is 7.97. The molecule has 1 atom stereocenters. The minimum atomic E-state index is -0.162. The molecule has 0 saturated carbocycles. The number of aryl methyl sites for hydroxylation is 2. The fraction of sp³-hybridized carbons (Fsp3) is 0.455. The van der Waals surface area contributed by atoms with E-state index >= 15 is 0 Å². The number of carbonyl (C=O) groups excluding carboxylic acids is 1. The molecule has 4 heteroatoms. The number of hydrogen-bond acceptors (Lipinski definition) is 2. The highest BCUT2D eigenvalue weighted by atomic mass is 16.2. The molecule has 0 fully saturated rings. The van der Waals surface area contributed by atoms with Crippen LogP contribution in [0.2, 0.25) is 0 Å². The van der Waals surface area contributed by atoms with Gasteiger partial charge in [0.05, 0.1) is 11.7 Å². The van der Waals surface area contributed by atoms with Crippen molar-refractivity contribution in [3.63, 3.8) is 0 Å². The van der Waals surface area contributed by atoms with Crippen molar-refractivity contribution in [3.05, 3.63) is 64.5 Å². The Labute approximate surface area is 157 Å². The zero-order valence-electron chi connectivity index (χ0n) is 16.8. The van der Waals surface area contributed by atoms with Gasteiger partial charge in [-0.1, -0.05) is 39.0 Å². The maximum absolute atomic E-state index is 12.1. The minimum absolute atomic E-state index is 0.120. The van der Waals surface area contributed by atoms with Crippen LogP contribution in [0.3, 0.4) is 0 Å². The Morgan fingerprint density at radius 3 is 2.35 bits per heavy atom. The van der Waals surface area contributed by atoms with Gasteiger partial charge in [0.15, 0.2) is 0 Å². The fourth-order valence-corrected chi connectivity index (χ4v) is 3.08. The van der Waals surface area contributed by atoms with E-state index in [1.165, 1.54) is 22.3 Å². The van der Waals surface area contributed by atoms with Gasteiger partial charge < -0.3 is 10.6 Å². The summed E-state index contributed by atoms with van der Waals surface area (Å²) in [7, 11) is 0. The number of benzene rings is 1. The first-order chi connectivity index (χ1) is 12.2. The van der Waals surface area contributed by atoms with Crippen LogP contribution in [-0.4, -0.2) is 17.6 Å². The summed E-state index contributed by atoms with van der Waals surface area (Å²) in [5.74, 6) is 0. The molecule has 2 aromatic rings. The number of nitrogens with one attached hydrogen (secondary N) is 2. The molecule has 0 aliphatic carbocycles. The van der Waals surface area contributed by atoms with Gasteiger partial charge in [0, 0.05) is 12.7 Å². The van der Waals surface area contributed by atoms with Crippen LogP contribution >= 0.6 is 0 Å². The highest BCUT2D eigenvalue weighted by Gasteiger charge is 2.16. The molecule has 1 aromatic heterocycles. The van der Waals surface area contributed by atoms with E-state index in [1.54, 1.807) is 6.20 Å². The molecule has 2 N–H and O–H groups in total. The lowest BCUT2D eigenvalue weighted by atomic mass is 9.83. The van der Waals surface area contributed by atoms with Crippen LogP contribution in [-0.2, 0) is 11.8 Å². The maximum Gasteiger partial charge on any atom is 0.315 e. The van der Waals surface area contributed by atoms with Crippen LogP contribution < -0.4 is 10.6 Å². The van der Waals surface area contributed by atoms with Crippen LogP contribution in [0.15, 0.2) is 36.5 Å². The predicted octanol–water partition coefficient (Wildman–Crippen LogP) is 4.60. The smallest absolute Gasteiger partial charge is 0.315 e. The summed E-state index contributed by atoms with van der Waals surface area (Å²) in [6.45, 7) is 13.5. The van der Waals surface area contributed by atoms with Crippen molar-refractivity contribution < 1.29 is 4.79 Å². The number of urea groups is 1. The summed E-state index contributed by atoms with van der Waals surface area (Å²) in [6.07, 6.45) is 2.56. The highest BCUT2D eigenvalue weighted by molar-refractivity contribution is 5.74. The monoisotopic (exact) mass is 353 g/mol. The van der Waals surface area contributed by atoms with Gasteiger partial charge in [0.1, 0.15) is 0 Å². The average Bonchev–Trinajstić information content (AvgIpc) is 2.57. The Balaban J connectivity index is 1.90. The van der Waals surface area contributed by atoms with E-state index in [2.05, 4.69) is 62.4 Å². The van der Waals surface area contributed by atoms with Crippen LogP contribution in [0.5, 0.6) is 0 Å². The molecule has 1 aromatic carbocycles. The molecule has 0 unspecified atom stereocenters. The zero-order chi connectivity index (χ0) is 19.3. The van der Waals surface area contributed by atoms with E-state index in [0.717, 1.165) is 12.1 Å². The molecule has 0 aliphatic heterocycles. The summed E-state index contributed by atoms with van der Waals surface area (Å²) in [4.78, 5) is 16.4. The van der Waals surface area contributed by atoms with Gasteiger partial charge in [-0.3, -0.25) is 4.98 Å². The van der Waals surface area contributed by atoms with Gasteiger partial charge in [-0.25, -0.2) is 4.79 Å². The quantitative estimate of drug-likeness (QED) is 0.825. The Morgan fingerprint density at radius 2 is 1.81 bits per heavy atom. The fourth-order valence-electron chi connectivity index (χ4n) is 3.08. The maximum atomic E-state index is 12.1. The molecule has 0 bridgehead atoms. The number of aromatic nitrogens is 1. The highest BCUT2D eigenvalue weighted by Crippen LogP contribution is 2.27. The van der Waals surface area contributed by atoms with Crippen molar-refractivity contribution in [2.24, 2.45) is 0 Å². The second kappa shape index (κ2) is 8.35. The van der Waals surface area contributed by atoms with Crippen molar-refractivity contribution in [1.29, 1.82) is 0 Å². The number of pyridine rings is 1. The molecule has 0 radical (unpaired) electrons. The van der Waals surface area contributed by atoms with Crippen molar-refractivity contribution in [3.8, 4) is 0 Å². The van der Waals surface area contributed by atoms with Gasteiger partial charge in [-0.05, 0) is 67.0 Å². The normalized spacial score (nSPS) is 12.5. The number of carbonyl (C=O) groups is 1. The largest absolute Gasteiger partial charge is 0.338 e. The van der Waals surface area contributed by atoms with E-state index in [9.17, 15) is 4.79 Å². The third-order valence-corrected chi connectivity index (χ3v) is 4.70. The molecular formula is C22H31N3O. The molecule has 0 spiro atoms. The second-order valence-electron chi connectivity index (χ2n) is 7.97. The SMILES string of the molecule is Cc1cc(C(C)(C)C)cc(C)c1CCNC(=O)N[C@@H](C)c1ccccn1. The Hall–Kier alpha value is -2.36. The van der Waals surface area contributed by atoms with Gasteiger partial charge in [0.25, 0.3) is 0 Å². The van der Waals surface area contributed by atoms with Gasteiger partial charge in [-0.15, -0.1) is 0 Å². The number of hydrogen-bond donors (Lipinski definition) is 2. The molecule has 140 valence electrons. The molecule has 4 nitrogen and oxygen atoms in total. The molecule has 0 aliphatic rings. The summed E-state index contributed by atoms with van der Waals surface area (Å²) in [5, 5.41) is 5.88. The number of amides is 2. The summed E-state index contributed by atoms with van der Waals surface area (Å²) in [6, 6.07) is 9.96. The lowest BCUT2D eigenvalue weighted by Gasteiger charge is -2.22. The summed E-state index contributed by atoms with van der Waals surface area (Å²) >= 11 is 0. The standard InChI is InChI=1S/C22H31N3O/c1-15-13-18(22(4,5)6)14-16(2)19(15)10-12-24-21(26)25-17(3)20-9-7-8-11-23-20/h7-9,11,13-14,17H,10,12H2,1-6H3,(H2,24,25,26)/t17-/m0/s1. The van der Waals surface area contributed by atoms with Gasteiger partial charge >= 0.3 is 6.03 Å². The summed E-state index contributed by atoms with van der Waals surface area (Å²) in [5.41, 5.74) is 6.25. The number of rotatable bonds is 5. The van der Waals surface area contributed by atoms with Gasteiger partial charge in [-0.2, -0.15) is 0 Å². The van der Waals surface area contributed by atoms with E-state index < -0.39 is 0 Å². The molecule has 0 saturated heterocycles. The lowest BCUT2D eigenvalue weighted by Crippen LogP contribution is -2.38. The first kappa shape index (κ1) is 20.0. The third kappa shape index (κ3) is 5.32. The first-order valence-corrected chi connectivity index (χ1v) is 9.24. The molecule has 26 heavy (non-hydrogen) atoms. The van der Waals surface area contributed by atoms with Crippen molar-refractivity contribution >= 4 is 6.03 Å². The molecule has 2 rings (SSSR count). The van der Waals surface area contributed by atoms with Crippen molar-refractivity contribution in [1.82, 2.24) is 15.6 Å². The number of nitrogens with zero attached hydrogens (tertiary/aromatic N) is 1. The van der Waals surface area contributed by atoms with Crippen LogP contribution in [0.4, 0.5) is 4.79 Å². The predicted molar refractivity (Wildman–Crippen MR) is 108 cm³/mol. The molecule has 2 amide bonds. The first-order valence-electron chi connectivity index (χ1n) is 9.24. The topological polar surface area (TPSA) is 54.0 Å². The van der Waals surface area contributed by atoms with Crippen molar-refractivity contribution in [2.75, 3.05) is 6.54 Å². The van der Waals surface area contributed by atoms with E-state index in [4.69, 9.17) is 0 Å². The lowest BCUT2D eigenvalue weighted by molar-refractivity contribution is 0.238. The van der Waals surface area contributed by atoms with E-state index in [-0.39, 0.29) is 17.5 Å². The van der Waals surface area contributed by atoms with Gasteiger partial charge in [0.2, 0.25) is 0 Å². The zero-order valence-corrected chi connectivity index (χ0v) is 16.8. The average molecular weight is 354 g/mol. The molecular weight excluding hydrogens is 322 g/mol. The Kier molecular flexibility index (Phi) is 6.41.